The number of H-pyrrole nitrogens is 1. The van der Waals surface area contributed by atoms with E-state index in [-0.39, 0.29) is 11.7 Å². The highest BCUT2D eigenvalue weighted by atomic mass is 16.3. The van der Waals surface area contributed by atoms with Crippen molar-refractivity contribution in [1.82, 2.24) is 20.0 Å². The molecule has 3 fully saturated rings. The largest absolute Gasteiger partial charge is 0.507 e. The molecule has 4 heterocycles. The lowest BCUT2D eigenvalue weighted by Gasteiger charge is -2.57. The number of rotatable bonds is 4. The fourth-order valence-corrected chi connectivity index (χ4v) is 6.20. The van der Waals surface area contributed by atoms with E-state index in [9.17, 15) is 9.90 Å². The average molecular weight is 409 g/mol. The summed E-state index contributed by atoms with van der Waals surface area (Å²) in [5, 5.41) is 17.3. The monoisotopic (exact) mass is 408 g/mol. The Morgan fingerprint density at radius 1 is 1.23 bits per heavy atom. The second-order valence-corrected chi connectivity index (χ2v) is 9.31. The number of aromatic nitrogens is 2. The smallest absolute Gasteiger partial charge is 0.271 e. The van der Waals surface area contributed by atoms with Crippen molar-refractivity contribution in [2.45, 2.75) is 57.5 Å². The number of likely N-dealkylation sites (tertiary alicyclic amines) is 1. The van der Waals surface area contributed by atoms with Gasteiger partial charge in [0.1, 0.15) is 11.4 Å². The number of aromatic hydroxyl groups is 1. The number of phenolic OH excluding ortho intramolecular Hbond substituents is 1. The number of carbonyl (C=O) groups is 1. The molecular formula is C24H32N4O2. The maximum absolute atomic E-state index is 13.4. The average Bonchev–Trinajstić information content (AvgIpc) is 3.26. The zero-order valence-electron chi connectivity index (χ0n) is 17.8. The fraction of sp³-hybridized carbons (Fsp3) is 0.583. The SMILES string of the molecule is CCC[C@H]1[C@H]2C[C@H](CN(C(=O)c3cc(-c4ccccc4O)n[nH]3)C2)[C@@H]2CCCCN21. The second-order valence-electron chi connectivity index (χ2n) is 9.31. The Kier molecular flexibility index (Phi) is 5.27. The topological polar surface area (TPSA) is 72.5 Å². The van der Waals surface area contributed by atoms with E-state index in [4.69, 9.17) is 0 Å². The van der Waals surface area contributed by atoms with Gasteiger partial charge in [0.25, 0.3) is 5.91 Å². The van der Waals surface area contributed by atoms with E-state index in [1.807, 2.05) is 12.1 Å². The Morgan fingerprint density at radius 3 is 2.90 bits per heavy atom. The summed E-state index contributed by atoms with van der Waals surface area (Å²) in [7, 11) is 0. The van der Waals surface area contributed by atoms with E-state index in [1.165, 1.54) is 45.1 Å². The number of nitrogens with one attached hydrogen (secondary N) is 1. The van der Waals surface area contributed by atoms with Crippen molar-refractivity contribution < 1.29 is 9.90 Å². The van der Waals surface area contributed by atoms with Crippen LogP contribution in [-0.2, 0) is 0 Å². The lowest BCUT2D eigenvalue weighted by Crippen LogP contribution is -2.64. The first-order chi connectivity index (χ1) is 14.7. The molecule has 1 aromatic heterocycles. The molecule has 3 saturated heterocycles. The van der Waals surface area contributed by atoms with Gasteiger partial charge < -0.3 is 10.0 Å². The van der Waals surface area contributed by atoms with Crippen molar-refractivity contribution in [3.8, 4) is 17.0 Å². The van der Waals surface area contributed by atoms with Crippen LogP contribution in [0.15, 0.2) is 30.3 Å². The fourth-order valence-electron chi connectivity index (χ4n) is 6.20. The number of benzene rings is 1. The molecule has 0 aliphatic carbocycles. The van der Waals surface area contributed by atoms with Crippen molar-refractivity contribution >= 4 is 5.91 Å². The molecule has 0 radical (unpaired) electrons. The van der Waals surface area contributed by atoms with Crippen LogP contribution in [0.3, 0.4) is 0 Å². The van der Waals surface area contributed by atoms with Gasteiger partial charge in [-0.2, -0.15) is 5.10 Å². The van der Waals surface area contributed by atoms with Crippen LogP contribution >= 0.6 is 0 Å². The van der Waals surface area contributed by atoms with Crippen molar-refractivity contribution in [2.75, 3.05) is 19.6 Å². The molecule has 0 spiro atoms. The number of nitrogens with zero attached hydrogens (tertiary/aromatic N) is 3. The van der Waals surface area contributed by atoms with E-state index in [0.717, 1.165) is 13.1 Å². The number of amides is 1. The van der Waals surface area contributed by atoms with Gasteiger partial charge in [-0.05, 0) is 62.3 Å². The van der Waals surface area contributed by atoms with Gasteiger partial charge in [0, 0.05) is 30.7 Å². The minimum Gasteiger partial charge on any atom is -0.507 e. The molecule has 3 aliphatic rings. The van der Waals surface area contributed by atoms with Crippen molar-refractivity contribution in [3.05, 3.63) is 36.0 Å². The summed E-state index contributed by atoms with van der Waals surface area (Å²) in [5.74, 6) is 1.37. The Morgan fingerprint density at radius 2 is 2.07 bits per heavy atom. The minimum absolute atomic E-state index is 0.0402. The molecule has 6 nitrogen and oxygen atoms in total. The maximum atomic E-state index is 13.4. The van der Waals surface area contributed by atoms with Gasteiger partial charge in [-0.25, -0.2) is 0 Å². The lowest BCUT2D eigenvalue weighted by molar-refractivity contribution is -0.0671. The molecule has 2 aromatic rings. The van der Waals surface area contributed by atoms with Crippen LogP contribution in [-0.4, -0.2) is 62.7 Å². The van der Waals surface area contributed by atoms with Gasteiger partial charge in [0.2, 0.25) is 0 Å². The van der Waals surface area contributed by atoms with E-state index in [0.29, 0.717) is 40.9 Å². The van der Waals surface area contributed by atoms with Crippen LogP contribution in [0.1, 0.15) is 55.9 Å². The predicted molar refractivity (Wildman–Crippen MR) is 116 cm³/mol. The van der Waals surface area contributed by atoms with Gasteiger partial charge in [-0.15, -0.1) is 0 Å². The third kappa shape index (κ3) is 3.41. The first-order valence-electron chi connectivity index (χ1n) is 11.5. The number of piperidine rings is 3. The van der Waals surface area contributed by atoms with Crippen LogP contribution in [0.2, 0.25) is 0 Å². The molecule has 1 aromatic carbocycles. The van der Waals surface area contributed by atoms with Gasteiger partial charge >= 0.3 is 0 Å². The van der Waals surface area contributed by atoms with Gasteiger partial charge in [-0.1, -0.05) is 31.9 Å². The Bertz CT molecular complexity index is 910. The minimum atomic E-state index is 0.0402. The predicted octanol–water partition coefficient (Wildman–Crippen LogP) is 3.90. The first-order valence-corrected chi connectivity index (χ1v) is 11.5. The highest BCUT2D eigenvalue weighted by molar-refractivity contribution is 5.93. The van der Waals surface area contributed by atoms with Crippen LogP contribution in [0.5, 0.6) is 5.75 Å². The number of fused-ring (bicyclic) bond motifs is 4. The highest BCUT2D eigenvalue weighted by Crippen LogP contribution is 2.42. The summed E-state index contributed by atoms with van der Waals surface area (Å²) in [6, 6.07) is 10.1. The molecule has 0 unspecified atom stereocenters. The third-order valence-electron chi connectivity index (χ3n) is 7.48. The van der Waals surface area contributed by atoms with Gasteiger partial charge in [0.05, 0.1) is 5.69 Å². The third-order valence-corrected chi connectivity index (χ3v) is 7.48. The maximum Gasteiger partial charge on any atom is 0.271 e. The molecule has 2 N–H and O–H groups in total. The number of hydrogen-bond donors (Lipinski definition) is 2. The summed E-state index contributed by atoms with van der Waals surface area (Å²) >= 11 is 0. The standard InChI is InChI=1S/C24H32N4O2/c1-2-7-21-16-12-17(22-9-5-6-11-28(21)22)15-27(14-16)24(30)20-13-19(25-26-20)18-8-3-4-10-23(18)29/h3-4,8,10,13,16-17,21-22,29H,2,5-7,9,11-12,14-15H2,1H3,(H,25,26)/t16-,17+,21-,22-/m0/s1. The molecule has 4 atom stereocenters. The summed E-state index contributed by atoms with van der Waals surface area (Å²) in [5.41, 5.74) is 1.76. The van der Waals surface area contributed by atoms with E-state index in [1.54, 1.807) is 18.2 Å². The molecule has 0 saturated carbocycles. The molecule has 3 aliphatic heterocycles. The Balaban J connectivity index is 1.37. The number of para-hydroxylation sites is 1. The van der Waals surface area contributed by atoms with Gasteiger partial charge in [-0.3, -0.25) is 14.8 Å². The van der Waals surface area contributed by atoms with Gasteiger partial charge in [0.15, 0.2) is 0 Å². The quantitative estimate of drug-likeness (QED) is 0.805. The zero-order chi connectivity index (χ0) is 20.7. The molecule has 2 bridgehead atoms. The first kappa shape index (κ1) is 19.6. The molecule has 1 amide bonds. The summed E-state index contributed by atoms with van der Waals surface area (Å²) in [6.45, 7) is 5.21. The number of aromatic amines is 1. The summed E-state index contributed by atoms with van der Waals surface area (Å²) in [6.07, 6.45) is 7.62. The Hall–Kier alpha value is -2.34. The number of phenols is 1. The molecule has 30 heavy (non-hydrogen) atoms. The van der Waals surface area contributed by atoms with Crippen molar-refractivity contribution in [1.29, 1.82) is 0 Å². The van der Waals surface area contributed by atoms with Crippen LogP contribution in [0.25, 0.3) is 11.3 Å². The molecular weight excluding hydrogens is 376 g/mol. The molecule has 160 valence electrons. The normalized spacial score (nSPS) is 28.9. The van der Waals surface area contributed by atoms with Crippen LogP contribution < -0.4 is 0 Å². The van der Waals surface area contributed by atoms with E-state index >= 15 is 0 Å². The van der Waals surface area contributed by atoms with Crippen molar-refractivity contribution in [2.24, 2.45) is 11.8 Å². The Labute approximate surface area is 178 Å². The van der Waals surface area contributed by atoms with E-state index in [2.05, 4.69) is 26.9 Å². The molecule has 6 heteroatoms. The molecule has 5 rings (SSSR count). The summed E-state index contributed by atoms with van der Waals surface area (Å²) < 4.78 is 0. The van der Waals surface area contributed by atoms with E-state index < -0.39 is 0 Å². The highest BCUT2D eigenvalue weighted by Gasteiger charge is 2.47. The van der Waals surface area contributed by atoms with Crippen molar-refractivity contribution in [3.63, 3.8) is 0 Å². The van der Waals surface area contributed by atoms with Crippen LogP contribution in [0, 0.1) is 11.8 Å². The number of carbonyl (C=O) groups excluding carboxylic acids is 1. The lowest BCUT2D eigenvalue weighted by atomic mass is 9.71. The summed E-state index contributed by atoms with van der Waals surface area (Å²) in [4.78, 5) is 18.2. The number of hydrogen-bond acceptors (Lipinski definition) is 4. The second kappa shape index (κ2) is 8.06. The van der Waals surface area contributed by atoms with Crippen LogP contribution in [0.4, 0.5) is 0 Å². The zero-order valence-corrected chi connectivity index (χ0v) is 17.8.